The van der Waals surface area contributed by atoms with Gasteiger partial charge in [-0.1, -0.05) is 44.2 Å². The van der Waals surface area contributed by atoms with Gasteiger partial charge in [0.05, 0.1) is 0 Å². The van der Waals surface area contributed by atoms with Crippen LogP contribution in [0.5, 0.6) is 0 Å². The summed E-state index contributed by atoms with van der Waals surface area (Å²) in [5, 5.41) is 9.71. The zero-order valence-corrected chi connectivity index (χ0v) is 12.4. The van der Waals surface area contributed by atoms with Crippen LogP contribution in [-0.4, -0.2) is 52.6 Å². The van der Waals surface area contributed by atoms with E-state index in [1.54, 1.807) is 0 Å². The van der Waals surface area contributed by atoms with Crippen molar-refractivity contribution in [2.75, 3.05) is 26.2 Å². The van der Waals surface area contributed by atoms with Gasteiger partial charge >= 0.3 is 5.97 Å². The van der Waals surface area contributed by atoms with Gasteiger partial charge in [0.15, 0.2) is 0 Å². The molecule has 0 aromatic heterocycles. The van der Waals surface area contributed by atoms with Crippen LogP contribution in [0.25, 0.3) is 0 Å². The SMILES string of the molecule is CCN(CC)C1(C(=O)O)CCN(Cc2ccccc2)C1. The highest BCUT2D eigenvalue weighted by atomic mass is 16.4. The average molecular weight is 276 g/mol. The first-order valence-electron chi connectivity index (χ1n) is 7.37. The monoisotopic (exact) mass is 276 g/mol. The van der Waals surface area contributed by atoms with Crippen molar-refractivity contribution in [1.29, 1.82) is 0 Å². The Morgan fingerprint density at radius 3 is 2.50 bits per heavy atom. The minimum Gasteiger partial charge on any atom is -0.480 e. The van der Waals surface area contributed by atoms with Gasteiger partial charge in [0.2, 0.25) is 0 Å². The van der Waals surface area contributed by atoms with E-state index in [0.29, 0.717) is 13.0 Å². The van der Waals surface area contributed by atoms with E-state index in [1.165, 1.54) is 5.56 Å². The number of nitrogens with zero attached hydrogens (tertiary/aromatic N) is 2. The number of likely N-dealkylation sites (tertiary alicyclic amines) is 1. The maximum atomic E-state index is 11.8. The number of hydrogen-bond acceptors (Lipinski definition) is 3. The molecule has 4 nitrogen and oxygen atoms in total. The second-order valence-electron chi connectivity index (χ2n) is 5.46. The first-order chi connectivity index (χ1) is 9.62. The summed E-state index contributed by atoms with van der Waals surface area (Å²) < 4.78 is 0. The van der Waals surface area contributed by atoms with E-state index in [4.69, 9.17) is 0 Å². The molecule has 2 rings (SSSR count). The fourth-order valence-electron chi connectivity index (χ4n) is 3.24. The maximum absolute atomic E-state index is 11.8. The van der Waals surface area contributed by atoms with Crippen molar-refractivity contribution in [3.8, 4) is 0 Å². The molecule has 4 heteroatoms. The molecule has 1 fully saturated rings. The number of likely N-dealkylation sites (N-methyl/N-ethyl adjacent to an activating group) is 1. The van der Waals surface area contributed by atoms with Crippen LogP contribution < -0.4 is 0 Å². The lowest BCUT2D eigenvalue weighted by atomic mass is 9.96. The minimum atomic E-state index is -0.710. The van der Waals surface area contributed by atoms with Crippen molar-refractivity contribution < 1.29 is 9.90 Å². The third-order valence-electron chi connectivity index (χ3n) is 4.34. The molecule has 1 aromatic rings. The Hall–Kier alpha value is -1.39. The smallest absolute Gasteiger partial charge is 0.325 e. The number of hydrogen-bond donors (Lipinski definition) is 1. The molecule has 0 spiro atoms. The van der Waals surface area contributed by atoms with Gasteiger partial charge in [-0.2, -0.15) is 0 Å². The van der Waals surface area contributed by atoms with Crippen molar-refractivity contribution in [3.05, 3.63) is 35.9 Å². The standard InChI is InChI=1S/C16H24N2O2/c1-3-18(4-2)16(15(19)20)10-11-17(13-16)12-14-8-6-5-7-9-14/h5-9H,3-4,10-13H2,1-2H3,(H,19,20). The van der Waals surface area contributed by atoms with Gasteiger partial charge in [0.1, 0.15) is 5.54 Å². The van der Waals surface area contributed by atoms with Crippen LogP contribution in [0.15, 0.2) is 30.3 Å². The summed E-state index contributed by atoms with van der Waals surface area (Å²) in [5.74, 6) is -0.684. The van der Waals surface area contributed by atoms with Gasteiger partial charge in [0, 0.05) is 19.6 Å². The number of rotatable bonds is 6. The molecule has 1 unspecified atom stereocenters. The van der Waals surface area contributed by atoms with Gasteiger partial charge < -0.3 is 5.11 Å². The third kappa shape index (κ3) is 2.86. The molecule has 0 bridgehead atoms. The predicted molar refractivity (Wildman–Crippen MR) is 79.6 cm³/mol. The molecule has 1 aliphatic rings. The molecule has 110 valence electrons. The first kappa shape index (κ1) is 15.0. The number of carbonyl (C=O) groups is 1. The lowest BCUT2D eigenvalue weighted by Gasteiger charge is -2.36. The fraction of sp³-hybridized carbons (Fsp3) is 0.562. The summed E-state index contributed by atoms with van der Waals surface area (Å²) in [5.41, 5.74) is 0.534. The van der Waals surface area contributed by atoms with E-state index in [2.05, 4.69) is 21.9 Å². The van der Waals surface area contributed by atoms with Crippen molar-refractivity contribution in [2.24, 2.45) is 0 Å². The topological polar surface area (TPSA) is 43.8 Å². The number of carboxylic acid groups (broad SMARTS) is 1. The van der Waals surface area contributed by atoms with E-state index < -0.39 is 11.5 Å². The van der Waals surface area contributed by atoms with E-state index in [0.717, 1.165) is 26.2 Å². The van der Waals surface area contributed by atoms with Gasteiger partial charge in [-0.3, -0.25) is 14.6 Å². The molecule has 1 atom stereocenters. The normalized spacial score (nSPS) is 23.4. The van der Waals surface area contributed by atoms with Crippen LogP contribution in [-0.2, 0) is 11.3 Å². The molecule has 1 saturated heterocycles. The van der Waals surface area contributed by atoms with E-state index in [-0.39, 0.29) is 0 Å². The first-order valence-corrected chi connectivity index (χ1v) is 7.37. The van der Waals surface area contributed by atoms with Crippen LogP contribution in [0.4, 0.5) is 0 Å². The van der Waals surface area contributed by atoms with Crippen molar-refractivity contribution in [2.45, 2.75) is 32.4 Å². The highest BCUT2D eigenvalue weighted by molar-refractivity contribution is 5.79. The summed E-state index contributed by atoms with van der Waals surface area (Å²) in [6.07, 6.45) is 0.705. The quantitative estimate of drug-likeness (QED) is 0.863. The molecule has 1 aliphatic heterocycles. The maximum Gasteiger partial charge on any atom is 0.325 e. The highest BCUT2D eigenvalue weighted by Gasteiger charge is 2.48. The Bertz CT molecular complexity index is 445. The molecule has 0 amide bonds. The largest absolute Gasteiger partial charge is 0.480 e. The van der Waals surface area contributed by atoms with Gasteiger partial charge in [-0.15, -0.1) is 0 Å². The summed E-state index contributed by atoms with van der Waals surface area (Å²) in [4.78, 5) is 16.1. The van der Waals surface area contributed by atoms with E-state index in [1.807, 2.05) is 32.0 Å². The summed E-state index contributed by atoms with van der Waals surface area (Å²) in [6, 6.07) is 10.3. The number of carboxylic acids is 1. The summed E-state index contributed by atoms with van der Waals surface area (Å²) in [6.45, 7) is 7.92. The van der Waals surface area contributed by atoms with E-state index in [9.17, 15) is 9.90 Å². The molecule has 1 N–H and O–H groups in total. The van der Waals surface area contributed by atoms with Crippen molar-refractivity contribution >= 4 is 5.97 Å². The molecule has 0 aliphatic carbocycles. The summed E-state index contributed by atoms with van der Waals surface area (Å²) >= 11 is 0. The second kappa shape index (κ2) is 6.37. The molecule has 1 aromatic carbocycles. The molecular weight excluding hydrogens is 252 g/mol. The van der Waals surface area contributed by atoms with Crippen molar-refractivity contribution in [3.63, 3.8) is 0 Å². The predicted octanol–water partition coefficient (Wildman–Crippen LogP) is 2.06. The number of aliphatic carboxylic acids is 1. The number of benzene rings is 1. The molecule has 0 radical (unpaired) electrons. The Morgan fingerprint density at radius 1 is 1.30 bits per heavy atom. The van der Waals surface area contributed by atoms with Gasteiger partial charge in [-0.25, -0.2) is 0 Å². The van der Waals surface area contributed by atoms with Crippen LogP contribution in [0.3, 0.4) is 0 Å². The summed E-state index contributed by atoms with van der Waals surface area (Å²) in [7, 11) is 0. The van der Waals surface area contributed by atoms with Crippen LogP contribution in [0.2, 0.25) is 0 Å². The minimum absolute atomic E-state index is 0.610. The second-order valence-corrected chi connectivity index (χ2v) is 5.46. The average Bonchev–Trinajstić information content (AvgIpc) is 2.86. The molecular formula is C16H24N2O2. The molecule has 1 heterocycles. The molecule has 20 heavy (non-hydrogen) atoms. The van der Waals surface area contributed by atoms with Crippen LogP contribution >= 0.6 is 0 Å². The van der Waals surface area contributed by atoms with Crippen LogP contribution in [0, 0.1) is 0 Å². The lowest BCUT2D eigenvalue weighted by Crippen LogP contribution is -2.56. The zero-order chi connectivity index (χ0) is 14.6. The third-order valence-corrected chi connectivity index (χ3v) is 4.34. The van der Waals surface area contributed by atoms with Gasteiger partial charge in [0.25, 0.3) is 0 Å². The molecule has 0 saturated carbocycles. The zero-order valence-electron chi connectivity index (χ0n) is 12.4. The van der Waals surface area contributed by atoms with E-state index >= 15 is 0 Å². The van der Waals surface area contributed by atoms with Gasteiger partial charge in [-0.05, 0) is 25.1 Å². The fourth-order valence-corrected chi connectivity index (χ4v) is 3.24. The Labute approximate surface area is 121 Å². The van der Waals surface area contributed by atoms with Crippen LogP contribution in [0.1, 0.15) is 25.8 Å². The highest BCUT2D eigenvalue weighted by Crippen LogP contribution is 2.29. The Kier molecular flexibility index (Phi) is 4.78. The van der Waals surface area contributed by atoms with Crippen molar-refractivity contribution in [1.82, 2.24) is 9.80 Å². The Balaban J connectivity index is 2.10. The lowest BCUT2D eigenvalue weighted by molar-refractivity contribution is -0.150. The Morgan fingerprint density at radius 2 is 1.95 bits per heavy atom.